The second-order valence-corrected chi connectivity index (χ2v) is 9.11. The van der Waals surface area contributed by atoms with Crippen molar-refractivity contribution in [2.24, 2.45) is 5.73 Å². The molecule has 1 amide bonds. The lowest BCUT2D eigenvalue weighted by Crippen LogP contribution is -2.43. The van der Waals surface area contributed by atoms with E-state index in [2.05, 4.69) is 39.2 Å². The summed E-state index contributed by atoms with van der Waals surface area (Å²) in [5.74, 6) is -0.546. The van der Waals surface area contributed by atoms with Gasteiger partial charge in [0, 0.05) is 18.2 Å². The molecule has 4 heterocycles. The largest absolute Gasteiger partial charge is 0.364 e. The number of nitrogens with two attached hydrogens (primary N) is 1. The Hall–Kier alpha value is -2.41. The number of carbonyl (C=O) groups excluding carboxylic acids is 1. The summed E-state index contributed by atoms with van der Waals surface area (Å²) >= 11 is 6.20. The molecular weight excluding hydrogens is 410 g/mol. The molecule has 2 aliphatic heterocycles. The molecule has 0 unspecified atom stereocenters. The Labute approximate surface area is 187 Å². The maximum atomic E-state index is 11.7. The molecule has 2 fully saturated rings. The van der Waals surface area contributed by atoms with Gasteiger partial charge in [-0.2, -0.15) is 5.10 Å². The zero-order chi connectivity index (χ0) is 21.4. The summed E-state index contributed by atoms with van der Waals surface area (Å²) in [5.41, 5.74) is 9.52. The number of rotatable bonds is 5. The van der Waals surface area contributed by atoms with Crippen LogP contribution in [-0.2, 0) is 6.54 Å². The normalized spacial score (nSPS) is 18.7. The number of benzene rings is 1. The number of nitrogens with zero attached hydrogens (tertiary/aromatic N) is 4. The van der Waals surface area contributed by atoms with Gasteiger partial charge in [0.25, 0.3) is 5.91 Å². The second-order valence-electron chi connectivity index (χ2n) is 8.70. The van der Waals surface area contributed by atoms with E-state index in [9.17, 15) is 4.79 Å². The van der Waals surface area contributed by atoms with Gasteiger partial charge in [-0.15, -0.1) is 0 Å². The molecule has 2 aliphatic rings. The fraction of sp³-hybridized carbons (Fsp3) is 0.417. The van der Waals surface area contributed by atoms with Crippen molar-refractivity contribution in [3.63, 3.8) is 0 Å². The van der Waals surface area contributed by atoms with Crippen LogP contribution in [0.3, 0.4) is 0 Å². The maximum absolute atomic E-state index is 11.7. The van der Waals surface area contributed by atoms with E-state index in [1.165, 1.54) is 61.9 Å². The first-order valence-corrected chi connectivity index (χ1v) is 11.5. The van der Waals surface area contributed by atoms with Gasteiger partial charge in [0.15, 0.2) is 0 Å². The average Bonchev–Trinajstić information content (AvgIpc) is 3.43. The van der Waals surface area contributed by atoms with Crippen molar-refractivity contribution in [1.29, 1.82) is 0 Å². The van der Waals surface area contributed by atoms with E-state index in [0.717, 1.165) is 23.8 Å². The van der Waals surface area contributed by atoms with E-state index in [1.54, 1.807) is 6.07 Å². The highest BCUT2D eigenvalue weighted by Crippen LogP contribution is 2.26. The van der Waals surface area contributed by atoms with Crippen molar-refractivity contribution in [2.75, 3.05) is 26.2 Å². The predicted molar refractivity (Wildman–Crippen MR) is 123 cm³/mol. The van der Waals surface area contributed by atoms with Crippen LogP contribution in [0.2, 0.25) is 5.02 Å². The summed E-state index contributed by atoms with van der Waals surface area (Å²) in [4.78, 5) is 17.0. The van der Waals surface area contributed by atoms with Gasteiger partial charge in [-0.05, 0) is 75.6 Å². The lowest BCUT2D eigenvalue weighted by atomic mass is 10.0. The summed E-state index contributed by atoms with van der Waals surface area (Å²) in [5, 5.41) is 5.06. The highest BCUT2D eigenvalue weighted by atomic mass is 35.5. The third kappa shape index (κ3) is 4.20. The number of primary amides is 1. The van der Waals surface area contributed by atoms with Crippen molar-refractivity contribution in [3.05, 3.63) is 58.7 Å². The summed E-state index contributed by atoms with van der Waals surface area (Å²) < 4.78 is 1.53. The maximum Gasteiger partial charge on any atom is 0.267 e. The van der Waals surface area contributed by atoms with Crippen LogP contribution in [0.4, 0.5) is 0 Å². The number of aromatic nitrogens is 2. The topological polar surface area (TPSA) is 66.9 Å². The fourth-order valence-electron chi connectivity index (χ4n) is 4.96. The minimum absolute atomic E-state index is 0.288. The van der Waals surface area contributed by atoms with Crippen molar-refractivity contribution >= 4 is 23.0 Å². The molecule has 1 aromatic carbocycles. The van der Waals surface area contributed by atoms with E-state index in [1.807, 2.05) is 12.1 Å². The monoisotopic (exact) mass is 437 g/mol. The Morgan fingerprint density at radius 2 is 1.74 bits per heavy atom. The van der Waals surface area contributed by atoms with Gasteiger partial charge in [-0.3, -0.25) is 9.69 Å². The van der Waals surface area contributed by atoms with Crippen LogP contribution in [0.5, 0.6) is 0 Å². The molecule has 0 aliphatic carbocycles. The highest BCUT2D eigenvalue weighted by molar-refractivity contribution is 6.34. The van der Waals surface area contributed by atoms with Crippen molar-refractivity contribution in [3.8, 4) is 11.3 Å². The molecule has 2 N–H and O–H groups in total. The van der Waals surface area contributed by atoms with Crippen LogP contribution in [0.15, 0.2) is 42.5 Å². The SMILES string of the molecule is NC(=O)c1cc(Cl)c2ccc(-c3ccc(CN4CCC(N5CCCC5)CC4)cc3)nn12. The van der Waals surface area contributed by atoms with Gasteiger partial charge in [0.05, 0.1) is 16.2 Å². The van der Waals surface area contributed by atoms with E-state index in [-0.39, 0.29) is 5.69 Å². The molecule has 3 aromatic rings. The Morgan fingerprint density at radius 1 is 1.03 bits per heavy atom. The van der Waals surface area contributed by atoms with Crippen LogP contribution >= 0.6 is 11.6 Å². The Morgan fingerprint density at radius 3 is 2.42 bits per heavy atom. The smallest absolute Gasteiger partial charge is 0.267 e. The molecule has 7 heteroatoms. The molecule has 2 saturated heterocycles. The number of hydrogen-bond donors (Lipinski definition) is 1. The minimum Gasteiger partial charge on any atom is -0.364 e. The van der Waals surface area contributed by atoms with Crippen LogP contribution in [0.1, 0.15) is 41.7 Å². The van der Waals surface area contributed by atoms with Gasteiger partial charge in [-0.1, -0.05) is 35.9 Å². The summed E-state index contributed by atoms with van der Waals surface area (Å²) in [7, 11) is 0. The zero-order valence-corrected chi connectivity index (χ0v) is 18.4. The Bertz CT molecular complexity index is 1080. The molecule has 0 atom stereocenters. The summed E-state index contributed by atoms with van der Waals surface area (Å²) in [6, 6.07) is 14.7. The first-order valence-electron chi connectivity index (χ1n) is 11.1. The summed E-state index contributed by atoms with van der Waals surface area (Å²) in [6.07, 6.45) is 5.30. The van der Waals surface area contributed by atoms with E-state index >= 15 is 0 Å². The molecule has 0 spiro atoms. The molecule has 2 aromatic heterocycles. The standard InChI is InChI=1S/C24H28ClN5O/c25-20-15-23(24(26)31)30-22(20)8-7-21(27-30)18-5-3-17(4-6-18)16-28-13-9-19(10-14-28)29-11-1-2-12-29/h3-8,15,19H,1-2,9-14,16H2,(H2,26,31). The predicted octanol–water partition coefficient (Wildman–Crippen LogP) is 3.81. The number of likely N-dealkylation sites (tertiary alicyclic amines) is 2. The highest BCUT2D eigenvalue weighted by Gasteiger charge is 2.26. The van der Waals surface area contributed by atoms with Gasteiger partial charge in [-0.25, -0.2) is 4.52 Å². The summed E-state index contributed by atoms with van der Waals surface area (Å²) in [6.45, 7) is 5.92. The van der Waals surface area contributed by atoms with Gasteiger partial charge < -0.3 is 10.6 Å². The lowest BCUT2D eigenvalue weighted by Gasteiger charge is -2.36. The Kier molecular flexibility index (Phi) is 5.69. The van der Waals surface area contributed by atoms with Crippen molar-refractivity contribution < 1.29 is 4.79 Å². The molecule has 5 rings (SSSR count). The van der Waals surface area contributed by atoms with Crippen molar-refractivity contribution in [2.45, 2.75) is 38.3 Å². The van der Waals surface area contributed by atoms with Crippen LogP contribution in [0.25, 0.3) is 16.8 Å². The molecule has 0 saturated carbocycles. The first-order chi connectivity index (χ1) is 15.1. The van der Waals surface area contributed by atoms with Gasteiger partial charge in [0.1, 0.15) is 5.69 Å². The second kappa shape index (κ2) is 8.61. The third-order valence-electron chi connectivity index (χ3n) is 6.69. The molecular formula is C24H28ClN5O. The number of carbonyl (C=O) groups is 1. The molecule has 162 valence electrons. The minimum atomic E-state index is -0.546. The van der Waals surface area contributed by atoms with Crippen LogP contribution in [0, 0.1) is 0 Å². The van der Waals surface area contributed by atoms with E-state index < -0.39 is 5.91 Å². The first kappa shape index (κ1) is 20.5. The number of amides is 1. The van der Waals surface area contributed by atoms with Gasteiger partial charge in [0.2, 0.25) is 0 Å². The molecule has 0 bridgehead atoms. The molecule has 0 radical (unpaired) electrons. The zero-order valence-electron chi connectivity index (χ0n) is 17.6. The number of fused-ring (bicyclic) bond motifs is 1. The molecule has 31 heavy (non-hydrogen) atoms. The Balaban J connectivity index is 1.26. The quantitative estimate of drug-likeness (QED) is 0.659. The van der Waals surface area contributed by atoms with Crippen LogP contribution in [-0.4, -0.2) is 57.5 Å². The van der Waals surface area contributed by atoms with Crippen molar-refractivity contribution in [1.82, 2.24) is 19.4 Å². The fourth-order valence-corrected chi connectivity index (χ4v) is 5.21. The van der Waals surface area contributed by atoms with E-state index in [4.69, 9.17) is 17.3 Å². The number of halogens is 1. The van der Waals surface area contributed by atoms with Crippen LogP contribution < -0.4 is 5.73 Å². The number of piperidine rings is 1. The lowest BCUT2D eigenvalue weighted by molar-refractivity contribution is 0.0994. The van der Waals surface area contributed by atoms with E-state index in [0.29, 0.717) is 10.5 Å². The molecule has 6 nitrogen and oxygen atoms in total. The average molecular weight is 438 g/mol. The van der Waals surface area contributed by atoms with Gasteiger partial charge >= 0.3 is 0 Å². The third-order valence-corrected chi connectivity index (χ3v) is 7.00. The number of hydrogen-bond acceptors (Lipinski definition) is 4.